The van der Waals surface area contributed by atoms with Gasteiger partial charge in [0.15, 0.2) is 0 Å². The number of hydrogen-bond acceptors (Lipinski definition) is 5. The van der Waals surface area contributed by atoms with Crippen LogP contribution in [0.2, 0.25) is 0 Å². The van der Waals surface area contributed by atoms with E-state index in [1.807, 2.05) is 67.3 Å². The molecule has 2 atom stereocenters. The van der Waals surface area contributed by atoms with Gasteiger partial charge >= 0.3 is 0 Å². The van der Waals surface area contributed by atoms with Gasteiger partial charge in [-0.15, -0.1) is 0 Å². The smallest absolute Gasteiger partial charge is 0.239 e. The van der Waals surface area contributed by atoms with Crippen LogP contribution in [0.4, 0.5) is 0 Å². The first kappa shape index (κ1) is 23.6. The van der Waals surface area contributed by atoms with Gasteiger partial charge in [0.05, 0.1) is 18.2 Å². The average Bonchev–Trinajstić information content (AvgIpc) is 2.89. The second-order valence-electron chi connectivity index (χ2n) is 8.71. The molecule has 1 fully saturated rings. The molecule has 1 aliphatic heterocycles. The van der Waals surface area contributed by atoms with E-state index in [9.17, 15) is 10.1 Å². The third-order valence-corrected chi connectivity index (χ3v) is 6.51. The molecular formula is C28H31N5O. The number of benzene rings is 2. The van der Waals surface area contributed by atoms with Crippen LogP contribution in [-0.2, 0) is 4.79 Å². The molecule has 3 aromatic rings. The van der Waals surface area contributed by atoms with Crippen molar-refractivity contribution in [2.75, 3.05) is 26.2 Å². The Bertz CT molecular complexity index is 1080. The summed E-state index contributed by atoms with van der Waals surface area (Å²) in [5.74, 6) is 0.0857. The number of amides is 1. The summed E-state index contributed by atoms with van der Waals surface area (Å²) in [6, 6.07) is 25.9. The number of pyridine rings is 1. The summed E-state index contributed by atoms with van der Waals surface area (Å²) >= 11 is 0. The number of aryl methyl sites for hydroxylation is 1. The zero-order valence-electron chi connectivity index (χ0n) is 19.8. The van der Waals surface area contributed by atoms with E-state index < -0.39 is 0 Å². The maximum Gasteiger partial charge on any atom is 0.239 e. The van der Waals surface area contributed by atoms with Crippen molar-refractivity contribution in [3.63, 3.8) is 0 Å². The molecule has 1 aliphatic rings. The minimum atomic E-state index is -0.345. The first-order valence-electron chi connectivity index (χ1n) is 11.8. The second kappa shape index (κ2) is 11.1. The van der Waals surface area contributed by atoms with Crippen LogP contribution < -0.4 is 5.32 Å². The van der Waals surface area contributed by atoms with Crippen molar-refractivity contribution in [1.29, 1.82) is 5.26 Å². The van der Waals surface area contributed by atoms with E-state index in [0.717, 1.165) is 22.4 Å². The molecule has 2 aromatic carbocycles. The molecule has 0 aliphatic carbocycles. The monoisotopic (exact) mass is 453 g/mol. The van der Waals surface area contributed by atoms with E-state index >= 15 is 0 Å². The van der Waals surface area contributed by atoms with E-state index in [4.69, 9.17) is 0 Å². The number of piperazine rings is 1. The molecule has 6 nitrogen and oxygen atoms in total. The second-order valence-corrected chi connectivity index (χ2v) is 8.71. The molecule has 174 valence electrons. The molecule has 34 heavy (non-hydrogen) atoms. The Balaban J connectivity index is 1.41. The van der Waals surface area contributed by atoms with Crippen molar-refractivity contribution in [2.45, 2.75) is 32.0 Å². The lowest BCUT2D eigenvalue weighted by atomic mass is 9.97. The Morgan fingerprint density at radius 1 is 0.941 bits per heavy atom. The number of carbonyl (C=O) groups excluding carboxylic acids is 1. The van der Waals surface area contributed by atoms with Gasteiger partial charge in [0.1, 0.15) is 6.04 Å². The van der Waals surface area contributed by atoms with Crippen LogP contribution in [0.15, 0.2) is 79.0 Å². The zero-order valence-corrected chi connectivity index (χ0v) is 19.8. The number of rotatable bonds is 7. The molecule has 2 heterocycles. The van der Waals surface area contributed by atoms with Gasteiger partial charge in [0, 0.05) is 43.6 Å². The summed E-state index contributed by atoms with van der Waals surface area (Å²) in [7, 11) is 0. The molecule has 1 amide bonds. The van der Waals surface area contributed by atoms with Crippen LogP contribution in [-0.4, -0.2) is 52.9 Å². The zero-order chi connectivity index (χ0) is 23.9. The summed E-state index contributed by atoms with van der Waals surface area (Å²) in [6.45, 7) is 6.39. The topological polar surface area (TPSA) is 72.3 Å². The van der Waals surface area contributed by atoms with Crippen molar-refractivity contribution in [2.24, 2.45) is 0 Å². The van der Waals surface area contributed by atoms with Gasteiger partial charge in [-0.1, -0.05) is 66.7 Å². The maximum absolute atomic E-state index is 13.3. The van der Waals surface area contributed by atoms with Gasteiger partial charge in [-0.3, -0.25) is 20.0 Å². The summed E-state index contributed by atoms with van der Waals surface area (Å²) < 4.78 is 0. The van der Waals surface area contributed by atoms with Crippen molar-refractivity contribution in [3.8, 4) is 6.07 Å². The van der Waals surface area contributed by atoms with E-state index in [0.29, 0.717) is 26.2 Å². The Kier molecular flexibility index (Phi) is 7.69. The molecule has 1 N–H and O–H groups in total. The van der Waals surface area contributed by atoms with Crippen molar-refractivity contribution >= 4 is 5.91 Å². The van der Waals surface area contributed by atoms with Crippen LogP contribution >= 0.6 is 0 Å². The predicted molar refractivity (Wildman–Crippen MR) is 133 cm³/mol. The Morgan fingerprint density at radius 2 is 1.53 bits per heavy atom. The Morgan fingerprint density at radius 3 is 2.06 bits per heavy atom. The van der Waals surface area contributed by atoms with Gasteiger partial charge in [0.2, 0.25) is 5.91 Å². The minimum Gasteiger partial charge on any atom is -0.339 e. The van der Waals surface area contributed by atoms with Gasteiger partial charge in [-0.25, -0.2) is 0 Å². The predicted octanol–water partition coefficient (Wildman–Crippen LogP) is 3.87. The lowest BCUT2D eigenvalue weighted by Crippen LogP contribution is -2.54. The number of nitriles is 1. The Labute approximate surface area is 201 Å². The van der Waals surface area contributed by atoms with E-state index in [1.54, 1.807) is 6.20 Å². The minimum absolute atomic E-state index is 0.0702. The van der Waals surface area contributed by atoms with Gasteiger partial charge in [-0.2, -0.15) is 5.26 Å². The number of carbonyl (C=O) groups is 1. The first-order chi connectivity index (χ1) is 16.6. The highest BCUT2D eigenvalue weighted by Gasteiger charge is 2.30. The van der Waals surface area contributed by atoms with Crippen LogP contribution in [0.3, 0.4) is 0 Å². The fourth-order valence-corrected chi connectivity index (χ4v) is 4.61. The fraction of sp³-hybridized carbons (Fsp3) is 0.321. The highest BCUT2D eigenvalue weighted by atomic mass is 16.2. The van der Waals surface area contributed by atoms with Crippen LogP contribution in [0, 0.1) is 18.3 Å². The van der Waals surface area contributed by atoms with Crippen molar-refractivity contribution < 1.29 is 4.79 Å². The van der Waals surface area contributed by atoms with E-state index in [2.05, 4.69) is 45.5 Å². The van der Waals surface area contributed by atoms with E-state index in [1.165, 1.54) is 0 Å². The molecule has 6 heteroatoms. The fourth-order valence-electron chi connectivity index (χ4n) is 4.61. The lowest BCUT2D eigenvalue weighted by molar-refractivity contribution is -0.135. The van der Waals surface area contributed by atoms with Gasteiger partial charge in [-0.05, 0) is 31.0 Å². The molecule has 0 saturated carbocycles. The molecule has 4 rings (SSSR count). The molecule has 1 unspecified atom stereocenters. The standard InChI is InChI=1S/C28H31N5O/c1-21-25(14-9-15-30-21)26(20-29)32-16-18-33(19-17-32)28(34)22(2)31-27(23-10-5-3-6-11-23)24-12-7-4-8-13-24/h3-15,22,26-27,31H,16-19H2,1-2H3/t22-,26?/m0/s1. The average molecular weight is 454 g/mol. The Hall–Kier alpha value is -3.53. The quantitative estimate of drug-likeness (QED) is 0.588. The molecule has 1 aromatic heterocycles. The highest BCUT2D eigenvalue weighted by Crippen LogP contribution is 2.25. The van der Waals surface area contributed by atoms with Crippen LogP contribution in [0.1, 0.15) is 41.4 Å². The van der Waals surface area contributed by atoms with E-state index in [-0.39, 0.29) is 24.0 Å². The number of nitrogens with one attached hydrogen (secondary N) is 1. The highest BCUT2D eigenvalue weighted by molar-refractivity contribution is 5.81. The number of aromatic nitrogens is 1. The maximum atomic E-state index is 13.3. The summed E-state index contributed by atoms with van der Waals surface area (Å²) in [5, 5.41) is 13.4. The third-order valence-electron chi connectivity index (χ3n) is 6.51. The molecule has 0 spiro atoms. The number of nitrogens with zero attached hydrogens (tertiary/aromatic N) is 4. The normalized spacial score (nSPS) is 16.1. The van der Waals surface area contributed by atoms with Crippen LogP contribution in [0.5, 0.6) is 0 Å². The molecule has 0 bridgehead atoms. The third kappa shape index (κ3) is 5.33. The van der Waals surface area contributed by atoms with Gasteiger partial charge < -0.3 is 4.90 Å². The van der Waals surface area contributed by atoms with Crippen molar-refractivity contribution in [3.05, 3.63) is 101 Å². The van der Waals surface area contributed by atoms with Crippen molar-refractivity contribution in [1.82, 2.24) is 20.1 Å². The first-order valence-corrected chi connectivity index (χ1v) is 11.8. The lowest BCUT2D eigenvalue weighted by Gasteiger charge is -2.38. The number of hydrogen-bond donors (Lipinski definition) is 1. The molecule has 1 saturated heterocycles. The SMILES string of the molecule is Cc1ncccc1C(C#N)N1CCN(C(=O)[C@H](C)NC(c2ccccc2)c2ccccc2)CC1. The van der Waals surface area contributed by atoms with Crippen LogP contribution in [0.25, 0.3) is 0 Å². The largest absolute Gasteiger partial charge is 0.339 e. The molecule has 0 radical (unpaired) electrons. The summed E-state index contributed by atoms with van der Waals surface area (Å²) in [5.41, 5.74) is 4.07. The van der Waals surface area contributed by atoms with Gasteiger partial charge in [0.25, 0.3) is 0 Å². The summed E-state index contributed by atoms with van der Waals surface area (Å²) in [4.78, 5) is 21.7. The summed E-state index contributed by atoms with van der Waals surface area (Å²) in [6.07, 6.45) is 1.75. The molecular weight excluding hydrogens is 422 g/mol.